The number of fused-ring (bicyclic) bond motifs is 1. The fraction of sp³-hybridized carbons (Fsp3) is 0.628. The van der Waals surface area contributed by atoms with Gasteiger partial charge in [-0.05, 0) is 93.3 Å². The van der Waals surface area contributed by atoms with Gasteiger partial charge in [-0.25, -0.2) is 9.59 Å². The maximum absolute atomic E-state index is 14.2. The van der Waals surface area contributed by atoms with Crippen LogP contribution in [0.3, 0.4) is 0 Å². The second kappa shape index (κ2) is 20.2. The summed E-state index contributed by atoms with van der Waals surface area (Å²) in [6, 6.07) is 9.71. The van der Waals surface area contributed by atoms with Gasteiger partial charge in [0.15, 0.2) is 6.10 Å². The van der Waals surface area contributed by atoms with E-state index in [0.717, 1.165) is 56.3 Å². The maximum atomic E-state index is 14.2. The molecule has 0 unspecified atom stereocenters. The van der Waals surface area contributed by atoms with E-state index in [1.54, 1.807) is 9.80 Å². The van der Waals surface area contributed by atoms with Gasteiger partial charge < -0.3 is 44.9 Å². The van der Waals surface area contributed by atoms with Gasteiger partial charge in [-0.1, -0.05) is 29.8 Å². The topological polar surface area (TPSA) is 150 Å². The van der Waals surface area contributed by atoms with Gasteiger partial charge in [0.25, 0.3) is 5.91 Å². The summed E-state index contributed by atoms with van der Waals surface area (Å²) in [6.07, 6.45) is -2.12. The molecule has 334 valence electrons. The number of hydrogen-bond donors (Lipinski definition) is 2. The molecular weight excluding hydrogens is 819 g/mol. The number of carbonyl (C=O) groups is 4. The van der Waals surface area contributed by atoms with Gasteiger partial charge in [0.2, 0.25) is 0 Å². The third-order valence-electron chi connectivity index (χ3n) is 12.9. The number of benzene rings is 2. The number of carbonyl (C=O) groups excluding carboxylic acids is 4. The minimum Gasteiger partial charge on any atom is -0.464 e. The molecule has 61 heavy (non-hydrogen) atoms. The first-order chi connectivity index (χ1) is 29.3. The van der Waals surface area contributed by atoms with Crippen LogP contribution in [-0.2, 0) is 42.8 Å². The number of hydrogen-bond acceptors (Lipinski definition) is 10. The number of morpholine rings is 1. The van der Waals surface area contributed by atoms with Crippen LogP contribution in [0.2, 0.25) is 5.02 Å². The highest BCUT2D eigenvalue weighted by Crippen LogP contribution is 2.38. The number of esters is 1. The van der Waals surface area contributed by atoms with E-state index >= 15 is 0 Å². The first-order valence-electron chi connectivity index (χ1n) is 21.6. The molecule has 2 aromatic carbocycles. The minimum atomic E-state index is -4.79. The van der Waals surface area contributed by atoms with Crippen LogP contribution >= 0.6 is 11.6 Å². The van der Waals surface area contributed by atoms with Gasteiger partial charge in [0, 0.05) is 83.0 Å². The highest BCUT2D eigenvalue weighted by molar-refractivity contribution is 6.33. The number of nitrogens with one attached hydrogen (secondary N) is 1. The second-order valence-electron chi connectivity index (χ2n) is 16.8. The summed E-state index contributed by atoms with van der Waals surface area (Å²) in [4.78, 5) is 63.2. The molecular formula is C43H57ClF3N7O7. The van der Waals surface area contributed by atoms with E-state index < -0.39 is 35.5 Å². The summed E-state index contributed by atoms with van der Waals surface area (Å²) in [7, 11) is 0. The zero-order valence-electron chi connectivity index (χ0n) is 34.5. The van der Waals surface area contributed by atoms with E-state index in [1.807, 2.05) is 24.3 Å². The minimum absolute atomic E-state index is 0.0586. The van der Waals surface area contributed by atoms with Crippen LogP contribution in [0.1, 0.15) is 61.6 Å². The Labute approximate surface area is 359 Å². The molecule has 1 atom stereocenters. The number of likely N-dealkylation sites (tertiary alicyclic amines) is 3. The standard InChI is InChI=1S/C43H57ClF3N7O7/c44-35-26-30(25-34(39(35)48)43(45,46)47)27-37(61-42(58)53-16-10-33(11-17-53)54-18-7-31-3-1-2-4-36(31)49-41(54)57)40(56)52-14-8-32(9-15-52)51-12-5-29(6-13-51)28-38(55)60-24-21-50-19-22-59-23-20-50/h1-4,25-26,29,32-33,37H,5-24,27-28,48H2,(H,49,57)/t37-/m1/s1. The molecule has 0 saturated carbocycles. The second-order valence-corrected chi connectivity index (χ2v) is 17.2. The van der Waals surface area contributed by atoms with E-state index in [9.17, 15) is 32.3 Å². The number of alkyl halides is 3. The summed E-state index contributed by atoms with van der Waals surface area (Å²) < 4.78 is 58.6. The first kappa shape index (κ1) is 44.7. The smallest absolute Gasteiger partial charge is 0.418 e. The Morgan fingerprint density at radius 1 is 0.885 bits per heavy atom. The molecule has 0 bridgehead atoms. The van der Waals surface area contributed by atoms with Crippen molar-refractivity contribution in [1.29, 1.82) is 0 Å². The third-order valence-corrected chi connectivity index (χ3v) is 13.2. The molecule has 7 rings (SSSR count). The van der Waals surface area contributed by atoms with Crippen molar-refractivity contribution in [1.82, 2.24) is 24.5 Å². The Morgan fingerprint density at radius 2 is 1.56 bits per heavy atom. The molecule has 4 amide bonds. The van der Waals surface area contributed by atoms with Crippen molar-refractivity contribution < 1.29 is 46.6 Å². The van der Waals surface area contributed by atoms with Crippen LogP contribution in [0.4, 0.5) is 34.1 Å². The molecule has 0 radical (unpaired) electrons. The van der Waals surface area contributed by atoms with Crippen molar-refractivity contribution in [3.63, 3.8) is 0 Å². The molecule has 5 aliphatic rings. The van der Waals surface area contributed by atoms with Crippen LogP contribution in [0, 0.1) is 5.92 Å². The van der Waals surface area contributed by atoms with E-state index in [0.29, 0.717) is 84.5 Å². The Kier molecular flexibility index (Phi) is 14.8. The van der Waals surface area contributed by atoms with Gasteiger partial charge in [-0.15, -0.1) is 0 Å². The summed E-state index contributed by atoms with van der Waals surface area (Å²) >= 11 is 6.16. The van der Waals surface area contributed by atoms with Crippen LogP contribution in [-0.4, -0.2) is 152 Å². The molecule has 5 aliphatic heterocycles. The Balaban J connectivity index is 0.925. The molecule has 4 saturated heterocycles. The average molecular weight is 876 g/mol. The zero-order valence-corrected chi connectivity index (χ0v) is 35.3. The lowest BCUT2D eigenvalue weighted by atomic mass is 9.91. The van der Waals surface area contributed by atoms with Crippen molar-refractivity contribution in [2.75, 3.05) is 96.3 Å². The lowest BCUT2D eigenvalue weighted by Crippen LogP contribution is -2.53. The van der Waals surface area contributed by atoms with Crippen molar-refractivity contribution in [3.05, 3.63) is 58.1 Å². The number of urea groups is 1. The molecule has 0 aliphatic carbocycles. The van der Waals surface area contributed by atoms with E-state index in [4.69, 9.17) is 31.5 Å². The number of halogens is 4. The number of nitrogens with zero attached hydrogens (tertiary/aromatic N) is 5. The molecule has 0 aromatic heterocycles. The quantitative estimate of drug-likeness (QED) is 0.219. The average Bonchev–Trinajstić information content (AvgIpc) is 3.42. The van der Waals surface area contributed by atoms with Crippen LogP contribution in [0.25, 0.3) is 0 Å². The summed E-state index contributed by atoms with van der Waals surface area (Å²) in [5, 5.41) is 2.68. The summed E-state index contributed by atoms with van der Waals surface area (Å²) in [6.45, 7) is 7.69. The fourth-order valence-electron chi connectivity index (χ4n) is 9.30. The fourth-order valence-corrected chi connectivity index (χ4v) is 9.54. The van der Waals surface area contributed by atoms with Crippen LogP contribution < -0.4 is 11.1 Å². The Morgan fingerprint density at radius 3 is 2.26 bits per heavy atom. The molecule has 4 fully saturated rings. The van der Waals surface area contributed by atoms with Gasteiger partial charge in [0.05, 0.1) is 29.5 Å². The van der Waals surface area contributed by atoms with Gasteiger partial charge in [-0.3, -0.25) is 14.5 Å². The van der Waals surface area contributed by atoms with E-state index in [-0.39, 0.29) is 60.1 Å². The molecule has 14 nitrogen and oxygen atoms in total. The number of nitrogens with two attached hydrogens (primary N) is 1. The van der Waals surface area contributed by atoms with Crippen LogP contribution in [0.15, 0.2) is 36.4 Å². The molecule has 0 spiro atoms. The third kappa shape index (κ3) is 11.6. The predicted octanol–water partition coefficient (Wildman–Crippen LogP) is 5.51. The predicted molar refractivity (Wildman–Crippen MR) is 222 cm³/mol. The van der Waals surface area contributed by atoms with Gasteiger partial charge in [0.1, 0.15) is 6.61 Å². The largest absolute Gasteiger partial charge is 0.464 e. The molecule has 5 heterocycles. The van der Waals surface area contributed by atoms with Crippen molar-refractivity contribution >= 4 is 47.0 Å². The number of para-hydroxylation sites is 1. The lowest BCUT2D eigenvalue weighted by Gasteiger charge is -2.42. The van der Waals surface area contributed by atoms with Crippen molar-refractivity contribution in [3.8, 4) is 0 Å². The van der Waals surface area contributed by atoms with E-state index in [2.05, 4.69) is 15.1 Å². The van der Waals surface area contributed by atoms with Crippen molar-refractivity contribution in [2.24, 2.45) is 5.92 Å². The number of amides is 4. The van der Waals surface area contributed by atoms with Crippen molar-refractivity contribution in [2.45, 2.75) is 82.2 Å². The van der Waals surface area contributed by atoms with Gasteiger partial charge in [-0.2, -0.15) is 13.2 Å². The van der Waals surface area contributed by atoms with Crippen LogP contribution in [0.5, 0.6) is 0 Å². The Hall–Kier alpha value is -4.32. The monoisotopic (exact) mass is 875 g/mol. The lowest BCUT2D eigenvalue weighted by molar-refractivity contribution is -0.146. The normalized spacial score (nSPS) is 21.0. The maximum Gasteiger partial charge on any atom is 0.418 e. The molecule has 2 aromatic rings. The number of rotatable bonds is 11. The highest BCUT2D eigenvalue weighted by atomic mass is 35.5. The Bertz CT molecular complexity index is 1860. The number of nitrogen functional groups attached to an aromatic ring is 1. The van der Waals surface area contributed by atoms with Gasteiger partial charge >= 0.3 is 24.3 Å². The SMILES string of the molecule is Nc1c(Cl)cc(C[C@@H](OC(=O)N2CCC(N3CCc4ccccc4NC3=O)CC2)C(=O)N2CCC(N3CCC(CC(=O)OCCN4CCOCC4)CC3)CC2)cc1C(F)(F)F. The highest BCUT2D eigenvalue weighted by Gasteiger charge is 2.39. The first-order valence-corrected chi connectivity index (χ1v) is 21.9. The molecule has 3 N–H and O–H groups in total. The number of ether oxygens (including phenoxy) is 3. The zero-order chi connectivity index (χ0) is 43.1. The van der Waals surface area contributed by atoms with E-state index in [1.165, 1.54) is 11.0 Å². The number of piperidine rings is 3. The number of anilines is 2. The summed E-state index contributed by atoms with van der Waals surface area (Å²) in [5.74, 6) is -0.404. The summed E-state index contributed by atoms with van der Waals surface area (Å²) in [5.41, 5.74) is 5.85. The molecule has 18 heteroatoms.